The molecule has 0 saturated carbocycles. The van der Waals surface area contributed by atoms with E-state index in [0.717, 1.165) is 24.4 Å². The van der Waals surface area contributed by atoms with E-state index in [9.17, 15) is 16.8 Å². The molecule has 3 rings (SSSR count). The van der Waals surface area contributed by atoms with Crippen LogP contribution in [-0.2, 0) is 19.7 Å². The monoisotopic (exact) mass is 398 g/mol. The third kappa shape index (κ3) is 3.59. The molecule has 2 atom stereocenters. The van der Waals surface area contributed by atoms with Crippen molar-refractivity contribution in [1.82, 2.24) is 9.80 Å². The van der Waals surface area contributed by atoms with E-state index in [1.807, 2.05) is 11.9 Å². The van der Waals surface area contributed by atoms with E-state index < -0.39 is 31.0 Å². The van der Waals surface area contributed by atoms with Crippen LogP contribution in [0.3, 0.4) is 0 Å². The van der Waals surface area contributed by atoms with Gasteiger partial charge in [-0.15, -0.1) is 11.3 Å². The van der Waals surface area contributed by atoms with Crippen molar-refractivity contribution in [3.05, 3.63) is 16.5 Å². The van der Waals surface area contributed by atoms with Crippen LogP contribution in [0.15, 0.2) is 16.3 Å². The molecule has 0 aromatic carbocycles. The van der Waals surface area contributed by atoms with Crippen molar-refractivity contribution in [2.75, 3.05) is 44.7 Å². The summed E-state index contributed by atoms with van der Waals surface area (Å²) in [5, 5.41) is -0.911. The highest BCUT2D eigenvalue weighted by atomic mass is 35.5. The van der Waals surface area contributed by atoms with Crippen molar-refractivity contribution < 1.29 is 16.8 Å². The Morgan fingerprint density at radius 3 is 2.39 bits per heavy atom. The van der Waals surface area contributed by atoms with E-state index in [1.54, 1.807) is 0 Å². The summed E-state index contributed by atoms with van der Waals surface area (Å²) in [5.74, 6) is -0.387. The molecule has 23 heavy (non-hydrogen) atoms. The van der Waals surface area contributed by atoms with Gasteiger partial charge in [0.15, 0.2) is 19.7 Å². The van der Waals surface area contributed by atoms with E-state index in [1.165, 1.54) is 12.1 Å². The first-order valence-electron chi connectivity index (χ1n) is 7.31. The van der Waals surface area contributed by atoms with Crippen molar-refractivity contribution in [1.29, 1.82) is 0 Å². The summed E-state index contributed by atoms with van der Waals surface area (Å²) in [6.07, 6.45) is 0. The van der Waals surface area contributed by atoms with Crippen molar-refractivity contribution in [3.8, 4) is 0 Å². The molecule has 10 heteroatoms. The van der Waals surface area contributed by atoms with Crippen LogP contribution in [0.5, 0.6) is 0 Å². The van der Waals surface area contributed by atoms with Gasteiger partial charge in [-0.25, -0.2) is 16.8 Å². The SMILES string of the molecule is CN1CCN([C@H]2CS(=O)(=O)C[C@@H]2S(=O)(=O)c2ccc(Cl)s2)CC1. The molecule has 2 aliphatic heterocycles. The summed E-state index contributed by atoms with van der Waals surface area (Å²) in [5.41, 5.74) is 0. The Kier molecular flexibility index (Phi) is 4.81. The lowest BCUT2D eigenvalue weighted by atomic mass is 10.2. The number of likely N-dealkylation sites (N-methyl/N-ethyl adjacent to an activating group) is 1. The Labute approximate surface area is 145 Å². The molecule has 3 heterocycles. The second-order valence-corrected chi connectivity index (χ2v) is 12.4. The Morgan fingerprint density at radius 2 is 1.83 bits per heavy atom. The number of rotatable bonds is 3. The van der Waals surface area contributed by atoms with E-state index in [4.69, 9.17) is 11.6 Å². The lowest BCUT2D eigenvalue weighted by molar-refractivity contribution is 0.122. The number of thiophene rings is 1. The Balaban J connectivity index is 1.92. The first-order chi connectivity index (χ1) is 10.7. The topological polar surface area (TPSA) is 74.8 Å². The lowest BCUT2D eigenvalue weighted by Gasteiger charge is -2.37. The number of piperazine rings is 1. The molecule has 0 N–H and O–H groups in total. The van der Waals surface area contributed by atoms with Gasteiger partial charge in [0.25, 0.3) is 0 Å². The van der Waals surface area contributed by atoms with Gasteiger partial charge in [0.2, 0.25) is 0 Å². The number of sulfone groups is 2. The van der Waals surface area contributed by atoms with Gasteiger partial charge in [0, 0.05) is 32.2 Å². The highest BCUT2D eigenvalue weighted by Crippen LogP contribution is 2.34. The Bertz CT molecular complexity index is 782. The number of hydrogen-bond donors (Lipinski definition) is 0. The van der Waals surface area contributed by atoms with Gasteiger partial charge >= 0.3 is 0 Å². The van der Waals surface area contributed by atoms with Gasteiger partial charge in [0.05, 0.1) is 21.1 Å². The zero-order valence-corrected chi connectivity index (χ0v) is 15.9. The average molecular weight is 399 g/mol. The van der Waals surface area contributed by atoms with Crippen LogP contribution in [0.1, 0.15) is 0 Å². The fourth-order valence-corrected chi connectivity index (χ4v) is 9.73. The quantitative estimate of drug-likeness (QED) is 0.741. The largest absolute Gasteiger partial charge is 0.304 e. The predicted molar refractivity (Wildman–Crippen MR) is 91.8 cm³/mol. The van der Waals surface area contributed by atoms with Gasteiger partial charge in [-0.2, -0.15) is 0 Å². The summed E-state index contributed by atoms with van der Waals surface area (Å²) >= 11 is 6.84. The fraction of sp³-hybridized carbons (Fsp3) is 0.692. The molecule has 1 aromatic rings. The number of nitrogens with zero attached hydrogens (tertiary/aromatic N) is 2. The van der Waals surface area contributed by atoms with Crippen molar-refractivity contribution in [2.24, 2.45) is 0 Å². The molecular weight excluding hydrogens is 380 g/mol. The number of hydrogen-bond acceptors (Lipinski definition) is 7. The van der Waals surface area contributed by atoms with Gasteiger partial charge in [-0.3, -0.25) is 4.90 Å². The first kappa shape index (κ1) is 17.6. The minimum Gasteiger partial charge on any atom is -0.304 e. The summed E-state index contributed by atoms with van der Waals surface area (Å²) in [6, 6.07) is 2.53. The third-order valence-electron chi connectivity index (χ3n) is 4.51. The van der Waals surface area contributed by atoms with E-state index in [-0.39, 0.29) is 15.7 Å². The summed E-state index contributed by atoms with van der Waals surface area (Å²) in [4.78, 5) is 4.17. The lowest BCUT2D eigenvalue weighted by Crippen LogP contribution is -2.54. The smallest absolute Gasteiger partial charge is 0.193 e. The second-order valence-electron chi connectivity index (χ2n) is 6.13. The average Bonchev–Trinajstić information content (AvgIpc) is 3.04. The van der Waals surface area contributed by atoms with Crippen molar-refractivity contribution in [3.63, 3.8) is 0 Å². The standard InChI is InChI=1S/C13H19ClN2O4S3/c1-15-4-6-16(7-5-15)10-8-22(17,18)9-11(10)23(19,20)13-3-2-12(14)21-13/h2-3,10-11H,4-9H2,1H3/t10-,11-/m0/s1. The van der Waals surface area contributed by atoms with Crippen LogP contribution in [0.25, 0.3) is 0 Å². The fourth-order valence-electron chi connectivity index (χ4n) is 3.19. The van der Waals surface area contributed by atoms with Crippen LogP contribution in [0, 0.1) is 0 Å². The zero-order chi connectivity index (χ0) is 16.8. The first-order valence-corrected chi connectivity index (χ1v) is 11.9. The summed E-state index contributed by atoms with van der Waals surface area (Å²) in [6.45, 7) is 3.00. The maximum Gasteiger partial charge on any atom is 0.193 e. The molecule has 0 radical (unpaired) electrons. The van der Waals surface area contributed by atoms with Crippen LogP contribution in [0.4, 0.5) is 0 Å². The molecule has 0 amide bonds. The van der Waals surface area contributed by atoms with Crippen LogP contribution in [-0.4, -0.2) is 82.7 Å². The number of halogens is 1. The second kappa shape index (κ2) is 6.27. The summed E-state index contributed by atoms with van der Waals surface area (Å²) in [7, 11) is -5.05. The normalized spacial score (nSPS) is 29.8. The highest BCUT2D eigenvalue weighted by Gasteiger charge is 2.48. The molecule has 0 aliphatic carbocycles. The van der Waals surface area contributed by atoms with Crippen molar-refractivity contribution >= 4 is 42.6 Å². The van der Waals surface area contributed by atoms with Gasteiger partial charge in [-0.1, -0.05) is 11.6 Å². The molecular formula is C13H19ClN2O4S3. The van der Waals surface area contributed by atoms with Gasteiger partial charge in [-0.05, 0) is 19.2 Å². The zero-order valence-electron chi connectivity index (χ0n) is 12.7. The van der Waals surface area contributed by atoms with E-state index >= 15 is 0 Å². The maximum atomic E-state index is 12.9. The minimum absolute atomic E-state index is 0.0836. The Morgan fingerprint density at radius 1 is 1.17 bits per heavy atom. The summed E-state index contributed by atoms with van der Waals surface area (Å²) < 4.78 is 50.6. The van der Waals surface area contributed by atoms with Crippen LogP contribution < -0.4 is 0 Å². The van der Waals surface area contributed by atoms with Gasteiger partial charge < -0.3 is 4.90 Å². The molecule has 0 bridgehead atoms. The van der Waals surface area contributed by atoms with Gasteiger partial charge in [0.1, 0.15) is 4.21 Å². The molecule has 2 aliphatic rings. The highest BCUT2D eigenvalue weighted by molar-refractivity contribution is 7.97. The van der Waals surface area contributed by atoms with Crippen LogP contribution in [0.2, 0.25) is 4.34 Å². The molecule has 130 valence electrons. The third-order valence-corrected chi connectivity index (χ3v) is 10.4. The molecule has 6 nitrogen and oxygen atoms in total. The minimum atomic E-state index is -3.70. The van der Waals surface area contributed by atoms with E-state index in [2.05, 4.69) is 4.90 Å². The molecule has 0 spiro atoms. The molecule has 2 fully saturated rings. The molecule has 2 saturated heterocycles. The Hall–Kier alpha value is -0.190. The van der Waals surface area contributed by atoms with Crippen molar-refractivity contribution in [2.45, 2.75) is 15.5 Å². The molecule has 0 unspecified atom stereocenters. The predicted octanol–water partition coefficient (Wildman–Crippen LogP) is 0.588. The maximum absolute atomic E-state index is 12.9. The van der Waals surface area contributed by atoms with Crippen LogP contribution >= 0.6 is 22.9 Å². The van der Waals surface area contributed by atoms with E-state index in [0.29, 0.717) is 17.4 Å². The molecule has 1 aromatic heterocycles.